The summed E-state index contributed by atoms with van der Waals surface area (Å²) >= 11 is 0. The number of hydrogen-bond acceptors (Lipinski definition) is 3. The summed E-state index contributed by atoms with van der Waals surface area (Å²) in [6, 6.07) is 0. The minimum absolute atomic E-state index is 0.0648. The van der Waals surface area contributed by atoms with Gasteiger partial charge in [-0.3, -0.25) is 4.79 Å². The van der Waals surface area contributed by atoms with Gasteiger partial charge in [0.05, 0.1) is 17.6 Å². The van der Waals surface area contributed by atoms with Crippen molar-refractivity contribution in [3.63, 3.8) is 0 Å². The summed E-state index contributed by atoms with van der Waals surface area (Å²) in [4.78, 5) is 12.1. The van der Waals surface area contributed by atoms with Gasteiger partial charge in [-0.1, -0.05) is 13.3 Å². The van der Waals surface area contributed by atoms with E-state index in [1.54, 1.807) is 0 Å². The number of rotatable bonds is 2. The van der Waals surface area contributed by atoms with Crippen LogP contribution in [-0.4, -0.2) is 33.5 Å². The van der Waals surface area contributed by atoms with Crippen LogP contribution in [0.15, 0.2) is 0 Å². The van der Waals surface area contributed by atoms with Gasteiger partial charge in [-0.05, 0) is 86.9 Å². The molecular formula is C20H32O4. The number of aliphatic hydroxyl groups is 2. The molecule has 0 aromatic heterocycles. The van der Waals surface area contributed by atoms with E-state index >= 15 is 0 Å². The number of fused-ring (bicyclic) bond motifs is 3. The predicted molar refractivity (Wildman–Crippen MR) is 90.3 cm³/mol. The average Bonchev–Trinajstić information content (AvgIpc) is 2.73. The maximum absolute atomic E-state index is 12.1. The molecule has 4 aliphatic carbocycles. The Balaban J connectivity index is 1.73. The molecule has 2 bridgehead atoms. The molecule has 0 heterocycles. The van der Waals surface area contributed by atoms with E-state index in [1.165, 1.54) is 0 Å². The minimum Gasteiger partial charge on any atom is -0.481 e. The van der Waals surface area contributed by atoms with E-state index in [0.717, 1.165) is 57.8 Å². The molecule has 4 aliphatic rings. The summed E-state index contributed by atoms with van der Waals surface area (Å²) in [6.45, 7) is 4.19. The molecule has 4 fully saturated rings. The van der Waals surface area contributed by atoms with Gasteiger partial charge >= 0.3 is 5.97 Å². The summed E-state index contributed by atoms with van der Waals surface area (Å²) in [5.41, 5.74) is -1.31. The van der Waals surface area contributed by atoms with Crippen molar-refractivity contribution >= 4 is 5.97 Å². The van der Waals surface area contributed by atoms with E-state index in [9.17, 15) is 20.1 Å². The molecule has 4 saturated carbocycles. The van der Waals surface area contributed by atoms with E-state index < -0.39 is 17.0 Å². The van der Waals surface area contributed by atoms with E-state index in [-0.39, 0.29) is 29.3 Å². The Morgan fingerprint density at radius 2 is 1.83 bits per heavy atom. The Bertz CT molecular complexity index is 562. The molecule has 0 aromatic carbocycles. The molecule has 1 unspecified atom stereocenters. The normalized spacial score (nSPS) is 56.4. The highest BCUT2D eigenvalue weighted by Gasteiger charge is 2.68. The lowest BCUT2D eigenvalue weighted by atomic mass is 9.41. The van der Waals surface area contributed by atoms with Crippen molar-refractivity contribution in [3.05, 3.63) is 0 Å². The Morgan fingerprint density at radius 1 is 1.08 bits per heavy atom. The van der Waals surface area contributed by atoms with Crippen LogP contribution in [0.25, 0.3) is 0 Å². The molecule has 136 valence electrons. The predicted octanol–water partition coefficient (Wildman–Crippen LogP) is 3.21. The maximum atomic E-state index is 12.1. The number of carbonyl (C=O) groups is 1. The number of carboxylic acids is 1. The van der Waals surface area contributed by atoms with Gasteiger partial charge in [0.15, 0.2) is 0 Å². The molecule has 4 rings (SSSR count). The molecule has 0 aliphatic heterocycles. The number of carboxylic acid groups (broad SMARTS) is 1. The Morgan fingerprint density at radius 3 is 2.50 bits per heavy atom. The molecule has 0 aromatic rings. The van der Waals surface area contributed by atoms with Crippen LogP contribution in [0.4, 0.5) is 0 Å². The quantitative estimate of drug-likeness (QED) is 0.723. The van der Waals surface area contributed by atoms with Gasteiger partial charge in [0.2, 0.25) is 0 Å². The lowest BCUT2D eigenvalue weighted by molar-refractivity contribution is -0.181. The third-order valence-corrected chi connectivity index (χ3v) is 9.08. The molecule has 0 saturated heterocycles. The van der Waals surface area contributed by atoms with Gasteiger partial charge in [-0.25, -0.2) is 0 Å². The molecule has 0 amide bonds. The van der Waals surface area contributed by atoms with Gasteiger partial charge < -0.3 is 15.3 Å². The van der Waals surface area contributed by atoms with Gasteiger partial charge in [0.25, 0.3) is 0 Å². The van der Waals surface area contributed by atoms with E-state index in [2.05, 4.69) is 6.92 Å². The molecule has 3 N–H and O–H groups in total. The number of hydrogen-bond donors (Lipinski definition) is 3. The van der Waals surface area contributed by atoms with Crippen LogP contribution in [0.3, 0.4) is 0 Å². The van der Waals surface area contributed by atoms with Gasteiger partial charge in [0.1, 0.15) is 0 Å². The zero-order chi connectivity index (χ0) is 17.4. The first-order valence-corrected chi connectivity index (χ1v) is 9.77. The third-order valence-electron chi connectivity index (χ3n) is 9.08. The van der Waals surface area contributed by atoms with Crippen molar-refractivity contribution in [1.29, 1.82) is 0 Å². The standard InChI is InChI=1S/C20H32O4/c1-17-7-3-8-18(2,16(22)23)14(17)6-9-19-10-13(4-5-15(17)19)20(24,11-19)12-21/h13-15,21,24H,3-12H2,1-2H3,(H,22,23)/t13?,14-,15-,17+,18+,19-,20-/m0/s1. The molecule has 0 radical (unpaired) electrons. The Labute approximate surface area is 144 Å². The second-order valence-corrected chi connectivity index (χ2v) is 10.0. The van der Waals surface area contributed by atoms with Crippen LogP contribution in [0.1, 0.15) is 71.6 Å². The summed E-state index contributed by atoms with van der Waals surface area (Å²) in [5, 5.41) is 30.6. The third kappa shape index (κ3) is 1.90. The summed E-state index contributed by atoms with van der Waals surface area (Å²) < 4.78 is 0. The highest BCUT2D eigenvalue weighted by Crippen LogP contribution is 2.72. The second-order valence-electron chi connectivity index (χ2n) is 10.0. The second kappa shape index (κ2) is 4.97. The van der Waals surface area contributed by atoms with Crippen LogP contribution in [0.5, 0.6) is 0 Å². The molecular weight excluding hydrogens is 304 g/mol. The molecule has 4 nitrogen and oxygen atoms in total. The minimum atomic E-state index is -0.900. The summed E-state index contributed by atoms with van der Waals surface area (Å²) in [5.74, 6) is 0.348. The fraction of sp³-hybridized carbons (Fsp3) is 0.950. The van der Waals surface area contributed by atoms with E-state index in [0.29, 0.717) is 5.92 Å². The Kier molecular flexibility index (Phi) is 3.49. The SMILES string of the molecule is C[C@@]12CCC[C@@](C)(C(=O)O)[C@H]1CC[C@@]13CC(CC[C@H]12)[C@@](O)(CO)C3. The molecule has 4 heteroatoms. The van der Waals surface area contributed by atoms with Crippen LogP contribution in [0.2, 0.25) is 0 Å². The lowest BCUT2D eigenvalue weighted by Crippen LogP contribution is -2.58. The maximum Gasteiger partial charge on any atom is 0.309 e. The van der Waals surface area contributed by atoms with Crippen LogP contribution in [-0.2, 0) is 4.79 Å². The first-order chi connectivity index (χ1) is 11.2. The van der Waals surface area contributed by atoms with Crippen molar-refractivity contribution in [3.8, 4) is 0 Å². The van der Waals surface area contributed by atoms with E-state index in [4.69, 9.17) is 0 Å². The summed E-state index contributed by atoms with van der Waals surface area (Å²) in [7, 11) is 0. The highest BCUT2D eigenvalue weighted by atomic mass is 16.4. The topological polar surface area (TPSA) is 77.8 Å². The smallest absolute Gasteiger partial charge is 0.309 e. The van der Waals surface area contributed by atoms with Gasteiger partial charge in [-0.15, -0.1) is 0 Å². The zero-order valence-electron chi connectivity index (χ0n) is 15.1. The van der Waals surface area contributed by atoms with Crippen molar-refractivity contribution in [2.24, 2.45) is 34.0 Å². The van der Waals surface area contributed by atoms with E-state index in [1.807, 2.05) is 6.92 Å². The molecule has 7 atom stereocenters. The monoisotopic (exact) mass is 336 g/mol. The van der Waals surface area contributed by atoms with Crippen LogP contribution >= 0.6 is 0 Å². The number of aliphatic carboxylic acids is 1. The molecule has 24 heavy (non-hydrogen) atoms. The van der Waals surface area contributed by atoms with Crippen molar-refractivity contribution in [1.82, 2.24) is 0 Å². The van der Waals surface area contributed by atoms with Crippen molar-refractivity contribution in [2.75, 3.05) is 6.61 Å². The lowest BCUT2D eigenvalue weighted by Gasteiger charge is -2.63. The van der Waals surface area contributed by atoms with Crippen molar-refractivity contribution < 1.29 is 20.1 Å². The first kappa shape index (κ1) is 16.8. The van der Waals surface area contributed by atoms with Gasteiger partial charge in [0, 0.05) is 0 Å². The molecule has 1 spiro atoms. The average molecular weight is 336 g/mol. The van der Waals surface area contributed by atoms with Crippen molar-refractivity contribution in [2.45, 2.75) is 77.2 Å². The fourth-order valence-corrected chi connectivity index (χ4v) is 8.06. The highest BCUT2D eigenvalue weighted by molar-refractivity contribution is 5.75. The van der Waals surface area contributed by atoms with Crippen LogP contribution in [0, 0.1) is 34.0 Å². The number of aliphatic hydroxyl groups excluding tert-OH is 1. The first-order valence-electron chi connectivity index (χ1n) is 9.77. The van der Waals surface area contributed by atoms with Gasteiger partial charge in [-0.2, -0.15) is 0 Å². The fourth-order valence-electron chi connectivity index (χ4n) is 8.06. The Hall–Kier alpha value is -0.610. The van der Waals surface area contributed by atoms with Crippen LogP contribution < -0.4 is 0 Å². The largest absolute Gasteiger partial charge is 0.481 e. The summed E-state index contributed by atoms with van der Waals surface area (Å²) in [6.07, 6.45) is 8.73. The zero-order valence-corrected chi connectivity index (χ0v) is 15.1.